The molecule has 1 heterocycles. The molecular weight excluding hydrogens is 292 g/mol. The number of hydrogen-bond acceptors (Lipinski definition) is 4. The molecule has 0 saturated carbocycles. The van der Waals surface area contributed by atoms with E-state index in [1.165, 1.54) is 11.4 Å². The first-order valence-electron chi connectivity index (χ1n) is 6.90. The minimum atomic E-state index is -3.46. The lowest BCUT2D eigenvalue weighted by Gasteiger charge is -2.17. The minimum Gasteiger partial charge on any atom is -0.496 e. The van der Waals surface area contributed by atoms with Gasteiger partial charge in [-0.2, -0.15) is 4.31 Å². The van der Waals surface area contributed by atoms with Gasteiger partial charge in [-0.05, 0) is 43.0 Å². The lowest BCUT2D eigenvalue weighted by Crippen LogP contribution is -2.28. The molecule has 0 spiro atoms. The Kier molecular flexibility index (Phi) is 4.84. The van der Waals surface area contributed by atoms with Crippen molar-refractivity contribution < 1.29 is 17.9 Å². The molecule has 0 unspecified atom stereocenters. The molecule has 1 aliphatic heterocycles. The van der Waals surface area contributed by atoms with Crippen molar-refractivity contribution in [1.82, 2.24) is 4.31 Å². The fourth-order valence-corrected chi connectivity index (χ4v) is 4.01. The molecule has 2 N–H and O–H groups in total. The van der Waals surface area contributed by atoms with Gasteiger partial charge in [-0.3, -0.25) is 4.79 Å². The fraction of sp³-hybridized carbons (Fsp3) is 0.500. The SMILES string of the molecule is COc1ccc(S(=O)(=O)N2CCCC2)cc1CCC(N)=O. The van der Waals surface area contributed by atoms with Gasteiger partial charge >= 0.3 is 0 Å². The third-order valence-electron chi connectivity index (χ3n) is 3.60. The summed E-state index contributed by atoms with van der Waals surface area (Å²) in [6.07, 6.45) is 2.30. The van der Waals surface area contributed by atoms with Crippen molar-refractivity contribution >= 4 is 15.9 Å². The molecule has 1 aliphatic rings. The van der Waals surface area contributed by atoms with Gasteiger partial charge in [0.15, 0.2) is 0 Å². The first-order chi connectivity index (χ1) is 9.95. The zero-order valence-corrected chi connectivity index (χ0v) is 12.9. The molecule has 0 radical (unpaired) electrons. The standard InChI is InChI=1S/C14H20N2O4S/c1-20-13-6-5-12(10-11(13)4-7-14(15)17)21(18,19)16-8-2-3-9-16/h5-6,10H,2-4,7-9H2,1H3,(H2,15,17). The van der Waals surface area contributed by atoms with Crippen LogP contribution in [0.1, 0.15) is 24.8 Å². The maximum absolute atomic E-state index is 12.5. The molecule has 1 aromatic rings. The quantitative estimate of drug-likeness (QED) is 0.845. The van der Waals surface area contributed by atoms with Crippen LogP contribution >= 0.6 is 0 Å². The van der Waals surface area contributed by atoms with Crippen LogP contribution in [0.3, 0.4) is 0 Å². The number of sulfonamides is 1. The van der Waals surface area contributed by atoms with Gasteiger partial charge in [-0.1, -0.05) is 0 Å². The number of nitrogens with two attached hydrogens (primary N) is 1. The summed E-state index contributed by atoms with van der Waals surface area (Å²) in [6.45, 7) is 1.12. The predicted octanol–water partition coefficient (Wildman–Crippen LogP) is 0.898. The summed E-state index contributed by atoms with van der Waals surface area (Å²) in [5.74, 6) is 0.140. The summed E-state index contributed by atoms with van der Waals surface area (Å²) < 4.78 is 31.7. The molecule has 2 rings (SSSR count). The summed E-state index contributed by atoms with van der Waals surface area (Å²) in [5.41, 5.74) is 5.83. The largest absolute Gasteiger partial charge is 0.496 e. The molecule has 1 amide bonds. The molecule has 21 heavy (non-hydrogen) atoms. The normalized spacial score (nSPS) is 16.0. The monoisotopic (exact) mass is 312 g/mol. The Morgan fingerprint density at radius 3 is 2.57 bits per heavy atom. The summed E-state index contributed by atoms with van der Waals surface area (Å²) in [6, 6.07) is 4.75. The number of benzene rings is 1. The van der Waals surface area contributed by atoms with Gasteiger partial charge < -0.3 is 10.5 Å². The van der Waals surface area contributed by atoms with E-state index in [-0.39, 0.29) is 11.3 Å². The minimum absolute atomic E-state index is 0.156. The molecule has 0 aliphatic carbocycles. The van der Waals surface area contributed by atoms with E-state index in [4.69, 9.17) is 10.5 Å². The van der Waals surface area contributed by atoms with E-state index in [9.17, 15) is 13.2 Å². The number of nitrogens with zero attached hydrogens (tertiary/aromatic N) is 1. The van der Waals surface area contributed by atoms with Crippen LogP contribution in [0.15, 0.2) is 23.1 Å². The lowest BCUT2D eigenvalue weighted by molar-refractivity contribution is -0.117. The van der Waals surface area contributed by atoms with Crippen LogP contribution in [-0.4, -0.2) is 38.8 Å². The number of rotatable bonds is 6. The Morgan fingerprint density at radius 1 is 1.33 bits per heavy atom. The van der Waals surface area contributed by atoms with Gasteiger partial charge in [-0.25, -0.2) is 8.42 Å². The van der Waals surface area contributed by atoms with Gasteiger partial charge in [0.2, 0.25) is 15.9 Å². The summed E-state index contributed by atoms with van der Waals surface area (Å²) in [4.78, 5) is 11.2. The van der Waals surface area contributed by atoms with E-state index in [0.29, 0.717) is 30.8 Å². The third-order valence-corrected chi connectivity index (χ3v) is 5.49. The summed E-state index contributed by atoms with van der Waals surface area (Å²) in [7, 11) is -1.95. The Bertz CT molecular complexity index is 622. The van der Waals surface area contributed by atoms with Gasteiger partial charge in [0.1, 0.15) is 5.75 Å². The Morgan fingerprint density at radius 2 is 2.00 bits per heavy atom. The van der Waals surface area contributed by atoms with Crippen molar-refractivity contribution in [3.63, 3.8) is 0 Å². The van der Waals surface area contributed by atoms with E-state index in [2.05, 4.69) is 0 Å². The molecule has 1 saturated heterocycles. The number of hydrogen-bond donors (Lipinski definition) is 1. The summed E-state index contributed by atoms with van der Waals surface area (Å²) >= 11 is 0. The van der Waals surface area contributed by atoms with Gasteiger partial charge in [0, 0.05) is 19.5 Å². The van der Waals surface area contributed by atoms with Gasteiger partial charge in [-0.15, -0.1) is 0 Å². The van der Waals surface area contributed by atoms with E-state index in [1.54, 1.807) is 18.2 Å². The average Bonchev–Trinajstić information content (AvgIpc) is 2.99. The fourth-order valence-electron chi connectivity index (χ4n) is 2.45. The number of aryl methyl sites for hydroxylation is 1. The number of amides is 1. The highest BCUT2D eigenvalue weighted by atomic mass is 32.2. The topological polar surface area (TPSA) is 89.7 Å². The van der Waals surface area contributed by atoms with Crippen molar-refractivity contribution in [3.8, 4) is 5.75 Å². The highest BCUT2D eigenvalue weighted by Crippen LogP contribution is 2.27. The second kappa shape index (κ2) is 6.44. The molecule has 0 atom stereocenters. The van der Waals surface area contributed by atoms with E-state index in [0.717, 1.165) is 12.8 Å². The Hall–Kier alpha value is -1.60. The first-order valence-corrected chi connectivity index (χ1v) is 8.34. The average molecular weight is 312 g/mol. The van der Waals surface area contributed by atoms with Crippen LogP contribution in [0.4, 0.5) is 0 Å². The zero-order chi connectivity index (χ0) is 15.5. The van der Waals surface area contributed by atoms with Crippen LogP contribution in [0.2, 0.25) is 0 Å². The van der Waals surface area contributed by atoms with Gasteiger partial charge in [0.25, 0.3) is 0 Å². The van der Waals surface area contributed by atoms with Crippen molar-refractivity contribution in [2.45, 2.75) is 30.6 Å². The number of primary amides is 1. The van der Waals surface area contributed by atoms with Crippen LogP contribution in [-0.2, 0) is 21.2 Å². The lowest BCUT2D eigenvalue weighted by atomic mass is 10.1. The number of ether oxygens (including phenoxy) is 1. The van der Waals surface area contributed by atoms with Crippen LogP contribution in [0.25, 0.3) is 0 Å². The molecule has 0 bridgehead atoms. The molecule has 116 valence electrons. The molecule has 1 aromatic carbocycles. The Balaban J connectivity index is 2.32. The Labute approximate surface area is 124 Å². The van der Waals surface area contributed by atoms with E-state index < -0.39 is 15.9 Å². The molecular formula is C14H20N2O4S. The van der Waals surface area contributed by atoms with Crippen molar-refractivity contribution in [2.24, 2.45) is 5.73 Å². The second-order valence-electron chi connectivity index (χ2n) is 5.05. The summed E-state index contributed by atoms with van der Waals surface area (Å²) in [5, 5.41) is 0. The van der Waals surface area contributed by atoms with Crippen molar-refractivity contribution in [2.75, 3.05) is 20.2 Å². The number of carbonyl (C=O) groups excluding carboxylic acids is 1. The first kappa shape index (κ1) is 15.8. The zero-order valence-electron chi connectivity index (χ0n) is 12.0. The molecule has 7 heteroatoms. The molecule has 1 fully saturated rings. The highest BCUT2D eigenvalue weighted by molar-refractivity contribution is 7.89. The maximum atomic E-state index is 12.5. The van der Waals surface area contributed by atoms with E-state index in [1.807, 2.05) is 0 Å². The van der Waals surface area contributed by atoms with E-state index >= 15 is 0 Å². The van der Waals surface area contributed by atoms with Crippen LogP contribution < -0.4 is 10.5 Å². The second-order valence-corrected chi connectivity index (χ2v) is 6.99. The van der Waals surface area contributed by atoms with Gasteiger partial charge in [0.05, 0.1) is 12.0 Å². The number of carbonyl (C=O) groups is 1. The third kappa shape index (κ3) is 3.54. The maximum Gasteiger partial charge on any atom is 0.243 e. The molecule has 0 aromatic heterocycles. The molecule has 6 nitrogen and oxygen atoms in total. The van der Waals surface area contributed by atoms with Crippen molar-refractivity contribution in [3.05, 3.63) is 23.8 Å². The van der Waals surface area contributed by atoms with Crippen LogP contribution in [0, 0.1) is 0 Å². The predicted molar refractivity (Wildman–Crippen MR) is 78.5 cm³/mol. The van der Waals surface area contributed by atoms with Crippen LogP contribution in [0.5, 0.6) is 5.75 Å². The smallest absolute Gasteiger partial charge is 0.243 e. The van der Waals surface area contributed by atoms with Crippen molar-refractivity contribution in [1.29, 1.82) is 0 Å². The number of methoxy groups -OCH3 is 1. The highest BCUT2D eigenvalue weighted by Gasteiger charge is 2.27.